The fourth-order valence-corrected chi connectivity index (χ4v) is 3.18. The average molecular weight is 332 g/mol. The van der Waals surface area contributed by atoms with Gasteiger partial charge in [0.05, 0.1) is 5.69 Å². The van der Waals surface area contributed by atoms with Gasteiger partial charge in [-0.05, 0) is 35.6 Å². The first-order valence-corrected chi connectivity index (χ1v) is 8.70. The first-order chi connectivity index (χ1) is 12.1. The van der Waals surface area contributed by atoms with Crippen LogP contribution in [0.3, 0.4) is 0 Å². The SMILES string of the molecule is C=C(CCC)c1nc(CN)c2cc(Cc3ccccc3)ccc2c1O. The molecule has 3 aromatic rings. The fourth-order valence-electron chi connectivity index (χ4n) is 3.18. The van der Waals surface area contributed by atoms with E-state index < -0.39 is 0 Å². The van der Waals surface area contributed by atoms with E-state index in [4.69, 9.17) is 5.73 Å². The Hall–Kier alpha value is -2.65. The lowest BCUT2D eigenvalue weighted by Gasteiger charge is -2.14. The zero-order chi connectivity index (χ0) is 17.8. The van der Waals surface area contributed by atoms with Gasteiger partial charge in [-0.2, -0.15) is 0 Å². The second kappa shape index (κ2) is 7.49. The van der Waals surface area contributed by atoms with Gasteiger partial charge in [-0.15, -0.1) is 0 Å². The summed E-state index contributed by atoms with van der Waals surface area (Å²) in [7, 11) is 0. The summed E-state index contributed by atoms with van der Waals surface area (Å²) in [5.74, 6) is 0.205. The van der Waals surface area contributed by atoms with Gasteiger partial charge in [0.2, 0.25) is 0 Å². The van der Waals surface area contributed by atoms with Crippen molar-refractivity contribution in [2.24, 2.45) is 5.73 Å². The lowest BCUT2D eigenvalue weighted by molar-refractivity contribution is 0.476. The third kappa shape index (κ3) is 3.57. The fraction of sp³-hybridized carbons (Fsp3) is 0.227. The van der Waals surface area contributed by atoms with Gasteiger partial charge in [-0.1, -0.05) is 62.4 Å². The Labute approximate surface area is 148 Å². The van der Waals surface area contributed by atoms with E-state index in [9.17, 15) is 5.11 Å². The zero-order valence-corrected chi connectivity index (χ0v) is 14.6. The molecule has 0 unspecified atom stereocenters. The van der Waals surface area contributed by atoms with Crippen molar-refractivity contribution in [1.82, 2.24) is 4.98 Å². The van der Waals surface area contributed by atoms with Gasteiger partial charge < -0.3 is 10.8 Å². The summed E-state index contributed by atoms with van der Waals surface area (Å²) in [5.41, 5.74) is 10.6. The highest BCUT2D eigenvalue weighted by atomic mass is 16.3. The van der Waals surface area contributed by atoms with E-state index >= 15 is 0 Å². The van der Waals surface area contributed by atoms with E-state index in [0.29, 0.717) is 12.2 Å². The number of rotatable bonds is 6. The van der Waals surface area contributed by atoms with Gasteiger partial charge >= 0.3 is 0 Å². The van der Waals surface area contributed by atoms with Crippen molar-refractivity contribution < 1.29 is 5.11 Å². The van der Waals surface area contributed by atoms with Crippen LogP contribution < -0.4 is 5.73 Å². The first kappa shape index (κ1) is 17.2. The predicted octanol–water partition coefficient (Wildman–Crippen LogP) is 4.80. The predicted molar refractivity (Wildman–Crippen MR) is 104 cm³/mol. The highest BCUT2D eigenvalue weighted by molar-refractivity contribution is 5.93. The molecule has 3 N–H and O–H groups in total. The standard InChI is InChI=1S/C22H24N2O/c1-3-7-15(2)21-22(25)18-11-10-17(12-16-8-5-4-6-9-16)13-19(18)20(14-23)24-21/h4-6,8-11,13,25H,2-3,7,12,14,23H2,1H3. The van der Waals surface area contributed by atoms with Gasteiger partial charge in [0.1, 0.15) is 11.4 Å². The molecule has 0 atom stereocenters. The molecule has 0 saturated heterocycles. The normalized spacial score (nSPS) is 11.0. The quantitative estimate of drug-likeness (QED) is 0.681. The monoisotopic (exact) mass is 332 g/mol. The maximum Gasteiger partial charge on any atom is 0.149 e. The molecule has 0 fully saturated rings. The Morgan fingerprint density at radius 3 is 2.52 bits per heavy atom. The van der Waals surface area contributed by atoms with Crippen LogP contribution in [-0.4, -0.2) is 10.1 Å². The van der Waals surface area contributed by atoms with Crippen LogP contribution in [0.4, 0.5) is 0 Å². The lowest BCUT2D eigenvalue weighted by atomic mass is 9.97. The van der Waals surface area contributed by atoms with Crippen molar-refractivity contribution in [1.29, 1.82) is 0 Å². The first-order valence-electron chi connectivity index (χ1n) is 8.70. The van der Waals surface area contributed by atoms with E-state index in [-0.39, 0.29) is 5.75 Å². The number of pyridine rings is 1. The average Bonchev–Trinajstić information content (AvgIpc) is 2.63. The van der Waals surface area contributed by atoms with Gasteiger partial charge in [0, 0.05) is 17.3 Å². The third-order valence-corrected chi connectivity index (χ3v) is 4.45. The van der Waals surface area contributed by atoms with Crippen LogP contribution in [0, 0.1) is 0 Å². The molecule has 0 aliphatic carbocycles. The second-order valence-electron chi connectivity index (χ2n) is 6.36. The molecule has 3 nitrogen and oxygen atoms in total. The number of allylic oxidation sites excluding steroid dienone is 1. The number of aromatic hydroxyl groups is 1. The summed E-state index contributed by atoms with van der Waals surface area (Å²) >= 11 is 0. The number of hydrogen-bond acceptors (Lipinski definition) is 3. The number of nitrogens with two attached hydrogens (primary N) is 1. The van der Waals surface area contributed by atoms with Crippen LogP contribution in [0.15, 0.2) is 55.1 Å². The van der Waals surface area contributed by atoms with E-state index in [1.165, 1.54) is 11.1 Å². The van der Waals surface area contributed by atoms with Gasteiger partial charge in [-0.25, -0.2) is 4.98 Å². The largest absolute Gasteiger partial charge is 0.505 e. The van der Waals surface area contributed by atoms with Crippen LogP contribution in [0.2, 0.25) is 0 Å². The number of nitrogens with zero attached hydrogens (tertiary/aromatic N) is 1. The molecule has 0 saturated carbocycles. The summed E-state index contributed by atoms with van der Waals surface area (Å²) in [4.78, 5) is 4.61. The molecule has 25 heavy (non-hydrogen) atoms. The molecule has 3 rings (SSSR count). The Bertz CT molecular complexity index is 901. The van der Waals surface area contributed by atoms with Crippen molar-refractivity contribution in [2.75, 3.05) is 0 Å². The van der Waals surface area contributed by atoms with Crippen molar-refractivity contribution in [3.05, 3.63) is 77.6 Å². The number of benzene rings is 2. The van der Waals surface area contributed by atoms with E-state index in [1.807, 2.05) is 24.3 Å². The highest BCUT2D eigenvalue weighted by Gasteiger charge is 2.15. The van der Waals surface area contributed by atoms with Crippen LogP contribution in [0.25, 0.3) is 16.3 Å². The molecule has 0 radical (unpaired) electrons. The number of fused-ring (bicyclic) bond motifs is 1. The summed E-state index contributed by atoms with van der Waals surface area (Å²) in [6.07, 6.45) is 2.61. The molecule has 0 aliphatic rings. The third-order valence-electron chi connectivity index (χ3n) is 4.45. The lowest BCUT2D eigenvalue weighted by Crippen LogP contribution is -2.04. The molecular weight excluding hydrogens is 308 g/mol. The Balaban J connectivity index is 2.07. The van der Waals surface area contributed by atoms with Crippen molar-refractivity contribution >= 4 is 16.3 Å². The molecule has 2 aromatic carbocycles. The van der Waals surface area contributed by atoms with Gasteiger partial charge in [0.25, 0.3) is 0 Å². The van der Waals surface area contributed by atoms with Crippen molar-refractivity contribution in [3.8, 4) is 5.75 Å². The van der Waals surface area contributed by atoms with Crippen LogP contribution in [-0.2, 0) is 13.0 Å². The summed E-state index contributed by atoms with van der Waals surface area (Å²) in [6, 6.07) is 16.4. The molecule has 1 heterocycles. The molecule has 0 aliphatic heterocycles. The van der Waals surface area contributed by atoms with Gasteiger partial charge in [-0.3, -0.25) is 0 Å². The van der Waals surface area contributed by atoms with Crippen LogP contribution >= 0.6 is 0 Å². The minimum Gasteiger partial charge on any atom is -0.505 e. The van der Waals surface area contributed by atoms with Gasteiger partial charge in [0.15, 0.2) is 0 Å². The Morgan fingerprint density at radius 2 is 1.84 bits per heavy atom. The second-order valence-corrected chi connectivity index (χ2v) is 6.36. The molecule has 0 spiro atoms. The zero-order valence-electron chi connectivity index (χ0n) is 14.6. The highest BCUT2D eigenvalue weighted by Crippen LogP contribution is 2.35. The van der Waals surface area contributed by atoms with E-state index in [1.54, 1.807) is 0 Å². The minimum atomic E-state index is 0.205. The van der Waals surface area contributed by atoms with Crippen molar-refractivity contribution in [2.45, 2.75) is 32.7 Å². The molecule has 1 aromatic heterocycles. The Morgan fingerprint density at radius 1 is 1.08 bits per heavy atom. The van der Waals surface area contributed by atoms with E-state index in [2.05, 4.69) is 42.8 Å². The molecule has 0 bridgehead atoms. The molecule has 128 valence electrons. The molecule has 0 amide bonds. The maximum atomic E-state index is 10.7. The molecule has 3 heteroatoms. The summed E-state index contributed by atoms with van der Waals surface area (Å²) < 4.78 is 0. The minimum absolute atomic E-state index is 0.205. The van der Waals surface area contributed by atoms with Crippen molar-refractivity contribution in [3.63, 3.8) is 0 Å². The number of aromatic nitrogens is 1. The van der Waals surface area contributed by atoms with Crippen LogP contribution in [0.1, 0.15) is 42.3 Å². The summed E-state index contributed by atoms with van der Waals surface area (Å²) in [5, 5.41) is 12.4. The van der Waals surface area contributed by atoms with Crippen LogP contribution in [0.5, 0.6) is 5.75 Å². The number of hydrogen-bond donors (Lipinski definition) is 2. The maximum absolute atomic E-state index is 10.7. The van der Waals surface area contributed by atoms with E-state index in [0.717, 1.165) is 41.3 Å². The smallest absolute Gasteiger partial charge is 0.149 e. The topological polar surface area (TPSA) is 59.1 Å². The molecular formula is C22H24N2O. The summed E-state index contributed by atoms with van der Waals surface area (Å²) in [6.45, 7) is 6.49. The Kier molecular flexibility index (Phi) is 5.15.